The Morgan fingerprint density at radius 2 is 2.35 bits per heavy atom. The summed E-state index contributed by atoms with van der Waals surface area (Å²) >= 11 is 3.17. The van der Waals surface area contributed by atoms with Crippen molar-refractivity contribution in [1.29, 1.82) is 0 Å². The molecule has 6 heteroatoms. The van der Waals surface area contributed by atoms with E-state index in [1.807, 2.05) is 0 Å². The number of nitrogens with one attached hydrogen (secondary N) is 1. The van der Waals surface area contributed by atoms with Crippen LogP contribution in [0.15, 0.2) is 22.7 Å². The molecule has 17 heavy (non-hydrogen) atoms. The molecule has 0 radical (unpaired) electrons. The van der Waals surface area contributed by atoms with Gasteiger partial charge in [0.2, 0.25) is 5.91 Å². The van der Waals surface area contributed by atoms with Gasteiger partial charge in [0.1, 0.15) is 0 Å². The second-order valence-corrected chi connectivity index (χ2v) is 4.34. The normalized spacial score (nSPS) is 12.2. The molecule has 1 rings (SSSR count). The highest BCUT2D eigenvalue weighted by Crippen LogP contribution is 2.31. The highest BCUT2D eigenvalue weighted by Gasteiger charge is 2.13. The SMILES string of the molecule is COC(CN)CC(=O)Nc1cccc(Br)c1O. The molecule has 4 N–H and O–H groups in total. The lowest BCUT2D eigenvalue weighted by Gasteiger charge is -2.13. The van der Waals surface area contributed by atoms with Crippen molar-refractivity contribution in [1.82, 2.24) is 0 Å². The minimum Gasteiger partial charge on any atom is -0.505 e. The number of aromatic hydroxyl groups is 1. The van der Waals surface area contributed by atoms with Crippen LogP contribution in [-0.2, 0) is 9.53 Å². The quantitative estimate of drug-likeness (QED) is 0.719. The average molecular weight is 303 g/mol. The van der Waals surface area contributed by atoms with Gasteiger partial charge in [-0.05, 0) is 28.1 Å². The van der Waals surface area contributed by atoms with Gasteiger partial charge in [0.25, 0.3) is 0 Å². The van der Waals surface area contributed by atoms with Crippen LogP contribution in [0.4, 0.5) is 5.69 Å². The smallest absolute Gasteiger partial charge is 0.227 e. The summed E-state index contributed by atoms with van der Waals surface area (Å²) in [6, 6.07) is 5.02. The van der Waals surface area contributed by atoms with E-state index in [9.17, 15) is 9.90 Å². The van der Waals surface area contributed by atoms with E-state index >= 15 is 0 Å². The first-order valence-electron chi connectivity index (χ1n) is 5.08. The van der Waals surface area contributed by atoms with Crippen molar-refractivity contribution < 1.29 is 14.6 Å². The third kappa shape index (κ3) is 3.99. The van der Waals surface area contributed by atoms with Gasteiger partial charge in [0, 0.05) is 13.7 Å². The number of halogens is 1. The van der Waals surface area contributed by atoms with Crippen molar-refractivity contribution in [2.45, 2.75) is 12.5 Å². The molecule has 0 bridgehead atoms. The number of hydrogen-bond donors (Lipinski definition) is 3. The molecule has 0 aliphatic carbocycles. The van der Waals surface area contributed by atoms with E-state index in [2.05, 4.69) is 21.2 Å². The number of phenolic OH excluding ortho intramolecular Hbond substituents is 1. The molecule has 0 aliphatic rings. The summed E-state index contributed by atoms with van der Waals surface area (Å²) in [5.41, 5.74) is 5.77. The summed E-state index contributed by atoms with van der Waals surface area (Å²) in [6.07, 6.45) is -0.164. The lowest BCUT2D eigenvalue weighted by molar-refractivity contribution is -0.118. The topological polar surface area (TPSA) is 84.6 Å². The molecule has 0 fully saturated rings. The van der Waals surface area contributed by atoms with Gasteiger partial charge in [-0.3, -0.25) is 4.79 Å². The number of hydrogen-bond acceptors (Lipinski definition) is 4. The predicted octanol–water partition coefficient (Wildman–Crippen LogP) is 1.46. The van der Waals surface area contributed by atoms with Crippen molar-refractivity contribution in [2.75, 3.05) is 19.0 Å². The second-order valence-electron chi connectivity index (χ2n) is 3.48. The Hall–Kier alpha value is -1.11. The third-order valence-electron chi connectivity index (χ3n) is 2.27. The molecule has 94 valence electrons. The average Bonchev–Trinajstić information content (AvgIpc) is 2.32. The van der Waals surface area contributed by atoms with Crippen molar-refractivity contribution in [3.8, 4) is 5.75 Å². The van der Waals surface area contributed by atoms with Gasteiger partial charge in [0.05, 0.1) is 22.7 Å². The van der Waals surface area contributed by atoms with Crippen molar-refractivity contribution in [3.63, 3.8) is 0 Å². The van der Waals surface area contributed by atoms with Crippen LogP contribution in [0, 0.1) is 0 Å². The largest absolute Gasteiger partial charge is 0.505 e. The van der Waals surface area contributed by atoms with Crippen LogP contribution < -0.4 is 11.1 Å². The molecular weight excluding hydrogens is 288 g/mol. The summed E-state index contributed by atoms with van der Waals surface area (Å²) in [6.45, 7) is 0.272. The van der Waals surface area contributed by atoms with Crippen LogP contribution in [0.2, 0.25) is 0 Å². The van der Waals surface area contributed by atoms with Crippen LogP contribution >= 0.6 is 15.9 Å². The zero-order valence-corrected chi connectivity index (χ0v) is 11.0. The van der Waals surface area contributed by atoms with Crippen LogP contribution in [0.25, 0.3) is 0 Å². The van der Waals surface area contributed by atoms with E-state index in [0.717, 1.165) is 0 Å². The molecule has 0 saturated carbocycles. The summed E-state index contributed by atoms with van der Waals surface area (Å²) in [7, 11) is 1.50. The molecule has 0 saturated heterocycles. The lowest BCUT2D eigenvalue weighted by atomic mass is 10.2. The maximum atomic E-state index is 11.6. The molecule has 0 aliphatic heterocycles. The number of benzene rings is 1. The molecule has 0 aromatic heterocycles. The second kappa shape index (κ2) is 6.58. The number of ether oxygens (including phenoxy) is 1. The van der Waals surface area contributed by atoms with Gasteiger partial charge in [-0.2, -0.15) is 0 Å². The number of para-hydroxylation sites is 1. The molecular formula is C11H15BrN2O3. The van der Waals surface area contributed by atoms with Crippen molar-refractivity contribution in [2.24, 2.45) is 5.73 Å². The number of phenols is 1. The first kappa shape index (κ1) is 14.0. The van der Waals surface area contributed by atoms with Crippen LogP contribution in [0.1, 0.15) is 6.42 Å². The highest BCUT2D eigenvalue weighted by atomic mass is 79.9. The third-order valence-corrected chi connectivity index (χ3v) is 2.91. The van der Waals surface area contributed by atoms with Crippen molar-refractivity contribution in [3.05, 3.63) is 22.7 Å². The lowest BCUT2D eigenvalue weighted by Crippen LogP contribution is -2.28. The Kier molecular flexibility index (Phi) is 5.40. The maximum Gasteiger partial charge on any atom is 0.227 e. The maximum absolute atomic E-state index is 11.6. The molecule has 1 amide bonds. The van der Waals surface area contributed by atoms with Gasteiger partial charge < -0.3 is 20.9 Å². The number of carbonyl (C=O) groups is 1. The molecule has 1 unspecified atom stereocenters. The Morgan fingerprint density at radius 3 is 2.94 bits per heavy atom. The number of rotatable bonds is 5. The molecule has 5 nitrogen and oxygen atoms in total. The number of anilines is 1. The van der Waals surface area contributed by atoms with E-state index in [1.165, 1.54) is 7.11 Å². The fraction of sp³-hybridized carbons (Fsp3) is 0.364. The highest BCUT2D eigenvalue weighted by molar-refractivity contribution is 9.10. The minimum absolute atomic E-state index is 0.00238. The first-order chi connectivity index (χ1) is 8.08. The molecule has 1 aromatic carbocycles. The molecule has 1 atom stereocenters. The number of nitrogens with two attached hydrogens (primary N) is 1. The van der Waals surface area contributed by atoms with E-state index < -0.39 is 0 Å². The van der Waals surface area contributed by atoms with Crippen LogP contribution in [0.3, 0.4) is 0 Å². The fourth-order valence-corrected chi connectivity index (χ4v) is 1.65. The Morgan fingerprint density at radius 1 is 1.65 bits per heavy atom. The fourth-order valence-electron chi connectivity index (χ4n) is 1.29. The van der Waals surface area contributed by atoms with Crippen molar-refractivity contribution >= 4 is 27.5 Å². The summed E-state index contributed by atoms with van der Waals surface area (Å²) in [4.78, 5) is 11.6. The van der Waals surface area contributed by atoms with E-state index in [4.69, 9.17) is 10.5 Å². The van der Waals surface area contributed by atoms with E-state index in [-0.39, 0.29) is 30.7 Å². The first-order valence-corrected chi connectivity index (χ1v) is 5.88. The Bertz CT molecular complexity index is 394. The summed E-state index contributed by atoms with van der Waals surface area (Å²) in [5.74, 6) is -0.252. The van der Waals surface area contributed by atoms with Crippen LogP contribution in [-0.4, -0.2) is 30.8 Å². The van der Waals surface area contributed by atoms with Gasteiger partial charge in [0.15, 0.2) is 5.75 Å². The number of carbonyl (C=O) groups excluding carboxylic acids is 1. The molecule has 0 spiro atoms. The zero-order valence-electron chi connectivity index (χ0n) is 9.44. The van der Waals surface area contributed by atoms with Gasteiger partial charge in [-0.15, -0.1) is 0 Å². The molecule has 0 heterocycles. The number of methoxy groups -OCH3 is 1. The van der Waals surface area contributed by atoms with Crippen LogP contribution in [0.5, 0.6) is 5.75 Å². The van der Waals surface area contributed by atoms with Gasteiger partial charge >= 0.3 is 0 Å². The Labute approximate surface area is 108 Å². The number of amides is 1. The van der Waals surface area contributed by atoms with Gasteiger partial charge in [-0.25, -0.2) is 0 Å². The molecule has 1 aromatic rings. The standard InChI is InChI=1S/C11H15BrN2O3/c1-17-7(6-13)5-10(15)14-9-4-2-3-8(12)11(9)16/h2-4,7,16H,5-6,13H2,1H3,(H,14,15). The minimum atomic E-state index is -0.315. The summed E-state index contributed by atoms with van der Waals surface area (Å²) in [5, 5.41) is 12.3. The van der Waals surface area contributed by atoms with E-state index in [0.29, 0.717) is 10.2 Å². The van der Waals surface area contributed by atoms with E-state index in [1.54, 1.807) is 18.2 Å². The Balaban J connectivity index is 2.65. The summed E-state index contributed by atoms with van der Waals surface area (Å²) < 4.78 is 5.53. The van der Waals surface area contributed by atoms with Gasteiger partial charge in [-0.1, -0.05) is 6.07 Å². The monoisotopic (exact) mass is 302 g/mol. The predicted molar refractivity (Wildman–Crippen MR) is 68.9 cm³/mol. The zero-order chi connectivity index (χ0) is 12.8.